The number of halogens is 2. The number of benzene rings is 1. The molecule has 3 fully saturated rings. The second-order valence-electron chi connectivity index (χ2n) is 17.2. The number of rotatable bonds is 9. The van der Waals surface area contributed by atoms with Gasteiger partial charge in [-0.1, -0.05) is 45.1 Å². The van der Waals surface area contributed by atoms with Crippen molar-refractivity contribution < 1.29 is 46.2 Å². The van der Waals surface area contributed by atoms with Gasteiger partial charge in [0.1, 0.15) is 17.6 Å². The van der Waals surface area contributed by atoms with Gasteiger partial charge in [0, 0.05) is 18.4 Å². The van der Waals surface area contributed by atoms with Gasteiger partial charge in [0.15, 0.2) is 5.60 Å². The summed E-state index contributed by atoms with van der Waals surface area (Å²) in [6.07, 6.45) is 3.45. The van der Waals surface area contributed by atoms with E-state index in [1.807, 2.05) is 13.0 Å². The van der Waals surface area contributed by atoms with Gasteiger partial charge >= 0.3 is 12.1 Å². The fraction of sp³-hybridized carbons (Fsp3) is 0.650. The number of nitrogens with one attached hydrogen (secondary N) is 2. The minimum absolute atomic E-state index is 0.0330. The molecule has 3 heterocycles. The van der Waals surface area contributed by atoms with Crippen LogP contribution in [0.4, 0.5) is 13.6 Å². The van der Waals surface area contributed by atoms with Gasteiger partial charge in [-0.15, -0.1) is 5.10 Å². The highest BCUT2D eigenvalue weighted by Crippen LogP contribution is 2.51. The smallest absolute Gasteiger partial charge is 0.408 e. The SMILES string of the molecule is CCC(C)N(C(=O)O)[C@@H]1C(=O)N2[C@@H](C[C@@](C)(Oc3nn(C(C)C)c(=O)c4ccccc34)C2(F)F)C(=O)N[C@]2(C(=O)NS(=O)(=O)C3CC3)C[C@H]2/C=C\CC[C@@H](C)C[C@H]1C. The molecule has 58 heavy (non-hydrogen) atoms. The van der Waals surface area contributed by atoms with E-state index in [-0.39, 0.29) is 46.7 Å². The molecule has 4 aliphatic rings. The lowest BCUT2D eigenvalue weighted by Crippen LogP contribution is -2.64. The van der Waals surface area contributed by atoms with E-state index in [2.05, 4.69) is 15.1 Å². The molecular weight excluding hydrogens is 779 g/mol. The van der Waals surface area contributed by atoms with Gasteiger partial charge in [0.25, 0.3) is 17.4 Å². The van der Waals surface area contributed by atoms with Gasteiger partial charge in [-0.3, -0.25) is 33.7 Å². The number of fused-ring (bicyclic) bond motifs is 3. The van der Waals surface area contributed by atoms with Crippen LogP contribution in [0.25, 0.3) is 10.8 Å². The minimum Gasteiger partial charge on any atom is -0.465 e. The molecule has 0 bridgehead atoms. The molecule has 0 radical (unpaired) electrons. The summed E-state index contributed by atoms with van der Waals surface area (Å²) in [5, 5.41) is 16.9. The fourth-order valence-corrected chi connectivity index (χ4v) is 9.86. The van der Waals surface area contributed by atoms with Crippen LogP contribution in [0.2, 0.25) is 0 Å². The second kappa shape index (κ2) is 15.5. The zero-order chi connectivity index (χ0) is 42.7. The van der Waals surface area contributed by atoms with Crippen LogP contribution in [0.5, 0.6) is 5.88 Å². The third-order valence-electron chi connectivity index (χ3n) is 12.3. The third kappa shape index (κ3) is 7.68. The molecule has 1 unspecified atom stereocenters. The quantitative estimate of drug-likeness (QED) is 0.230. The van der Waals surface area contributed by atoms with Crippen molar-refractivity contribution in [3.05, 3.63) is 46.8 Å². The molecule has 2 aliphatic carbocycles. The van der Waals surface area contributed by atoms with Crippen LogP contribution < -0.4 is 20.3 Å². The Kier molecular flexibility index (Phi) is 11.5. The average Bonchev–Trinajstić information content (AvgIpc) is 4.08. The van der Waals surface area contributed by atoms with Crippen molar-refractivity contribution in [3.63, 3.8) is 0 Å². The molecule has 0 spiro atoms. The van der Waals surface area contributed by atoms with E-state index in [1.54, 1.807) is 52.8 Å². The number of hydrogen-bond acceptors (Lipinski definition) is 9. The molecular formula is C40H54F2N6O9S. The molecule has 6 rings (SSSR count). The van der Waals surface area contributed by atoms with Crippen molar-refractivity contribution in [2.45, 2.75) is 146 Å². The molecule has 1 aromatic heterocycles. The van der Waals surface area contributed by atoms with Crippen molar-refractivity contribution >= 4 is 44.6 Å². The second-order valence-corrected chi connectivity index (χ2v) is 19.1. The number of allylic oxidation sites excluding steroid dienone is 1. The number of alkyl halides is 2. The Labute approximate surface area is 336 Å². The maximum absolute atomic E-state index is 17.7. The normalized spacial score (nSPS) is 31.3. The van der Waals surface area contributed by atoms with Gasteiger partial charge in [-0.25, -0.2) is 17.9 Å². The number of hydrogen-bond donors (Lipinski definition) is 3. The molecule has 8 atom stereocenters. The zero-order valence-electron chi connectivity index (χ0n) is 33.9. The lowest BCUT2D eigenvalue weighted by atomic mass is 9.86. The van der Waals surface area contributed by atoms with E-state index >= 15 is 13.6 Å². The van der Waals surface area contributed by atoms with Crippen LogP contribution >= 0.6 is 0 Å². The Morgan fingerprint density at radius 3 is 2.34 bits per heavy atom. The van der Waals surface area contributed by atoms with Crippen molar-refractivity contribution in [2.24, 2.45) is 17.8 Å². The number of carbonyl (C=O) groups excluding carboxylic acids is 3. The fourth-order valence-electron chi connectivity index (χ4n) is 8.50. The summed E-state index contributed by atoms with van der Waals surface area (Å²) in [5.41, 5.74) is -5.05. The van der Waals surface area contributed by atoms with E-state index in [9.17, 15) is 32.7 Å². The first-order chi connectivity index (χ1) is 27.1. The van der Waals surface area contributed by atoms with Crippen molar-refractivity contribution in [3.8, 4) is 5.88 Å². The minimum atomic E-state index is -4.33. The molecule has 2 saturated carbocycles. The number of sulfonamides is 1. The number of carboxylic acid groups (broad SMARTS) is 1. The van der Waals surface area contributed by atoms with Gasteiger partial charge in [0.05, 0.1) is 22.1 Å². The maximum atomic E-state index is 17.7. The highest BCUT2D eigenvalue weighted by atomic mass is 32.2. The summed E-state index contributed by atoms with van der Waals surface area (Å²) < 4.78 is 70.6. The Morgan fingerprint density at radius 2 is 1.74 bits per heavy atom. The predicted molar refractivity (Wildman–Crippen MR) is 209 cm³/mol. The Balaban J connectivity index is 1.50. The molecule has 1 saturated heterocycles. The number of nitrogens with zero attached hydrogens (tertiary/aromatic N) is 4. The summed E-state index contributed by atoms with van der Waals surface area (Å²) in [7, 11) is -4.08. The highest BCUT2D eigenvalue weighted by Gasteiger charge is 2.71. The van der Waals surface area contributed by atoms with Crippen LogP contribution in [-0.2, 0) is 24.4 Å². The lowest BCUT2D eigenvalue weighted by Gasteiger charge is -2.42. The standard InChI is InChI=1S/C40H54F2N6O9S/c1-8-25(6)46(37(53)54)31-24(5)19-23(4)13-9-10-14-26-20-39(26,36(52)45-58(55,56)27-17-18-27)43-32(49)30-21-38(7,40(41,42)47(30)35(31)51)57-33-28-15-11-12-16-29(28)34(50)48(44-33)22(2)3/h10-12,14-16,22-27,30-31H,8-9,13,17-21H2,1-7H3,(H,43,49)(H,45,52)(H,53,54)/b14-10-/t23-,24-,25?,26-,30+,31+,38-,39-/m1/s1. The molecule has 2 aliphatic heterocycles. The maximum Gasteiger partial charge on any atom is 0.408 e. The van der Waals surface area contributed by atoms with E-state index in [0.29, 0.717) is 25.7 Å². The number of ether oxygens (including phenoxy) is 1. The van der Waals surface area contributed by atoms with Gasteiger partial charge in [0.2, 0.25) is 21.8 Å². The molecule has 15 nitrogen and oxygen atoms in total. The topological polar surface area (TPSA) is 197 Å². The Morgan fingerprint density at radius 1 is 1.09 bits per heavy atom. The summed E-state index contributed by atoms with van der Waals surface area (Å²) in [4.78, 5) is 70.9. The predicted octanol–water partition coefficient (Wildman–Crippen LogP) is 4.95. The van der Waals surface area contributed by atoms with E-state index in [0.717, 1.165) is 16.5 Å². The first kappa shape index (κ1) is 43.0. The van der Waals surface area contributed by atoms with Crippen molar-refractivity contribution in [1.29, 1.82) is 0 Å². The average molecular weight is 833 g/mol. The van der Waals surface area contributed by atoms with Gasteiger partial charge in [-0.05, 0) is 96.6 Å². The largest absolute Gasteiger partial charge is 0.465 e. The molecule has 4 amide bonds. The molecule has 18 heteroatoms. The van der Waals surface area contributed by atoms with E-state index < -0.39 is 104 Å². The summed E-state index contributed by atoms with van der Waals surface area (Å²) in [5.74, 6) is -5.49. The summed E-state index contributed by atoms with van der Waals surface area (Å²) in [6, 6.07) is -3.21. The highest BCUT2D eigenvalue weighted by molar-refractivity contribution is 7.91. The Hall–Kier alpha value is -4.61. The molecule has 3 N–H and O–H groups in total. The third-order valence-corrected chi connectivity index (χ3v) is 14.1. The van der Waals surface area contributed by atoms with Crippen LogP contribution in [0.3, 0.4) is 0 Å². The van der Waals surface area contributed by atoms with Crippen molar-refractivity contribution in [1.82, 2.24) is 29.6 Å². The first-order valence-corrected chi connectivity index (χ1v) is 21.6. The van der Waals surface area contributed by atoms with Crippen LogP contribution in [0.1, 0.15) is 106 Å². The van der Waals surface area contributed by atoms with Crippen LogP contribution in [-0.4, -0.2) is 97.5 Å². The molecule has 318 valence electrons. The molecule has 2 aromatic rings. The summed E-state index contributed by atoms with van der Waals surface area (Å²) in [6.45, 7) is 11.2. The monoisotopic (exact) mass is 832 g/mol. The van der Waals surface area contributed by atoms with Gasteiger partial charge in [-0.2, -0.15) is 8.78 Å². The number of amides is 4. The number of carbonyl (C=O) groups is 4. The van der Waals surface area contributed by atoms with Crippen LogP contribution in [0, 0.1) is 17.8 Å². The Bertz CT molecular complexity index is 2180. The van der Waals surface area contributed by atoms with Crippen LogP contribution in [0.15, 0.2) is 41.2 Å². The lowest BCUT2D eigenvalue weighted by molar-refractivity contribution is -0.219. The van der Waals surface area contributed by atoms with E-state index in [4.69, 9.17) is 4.74 Å². The van der Waals surface area contributed by atoms with Gasteiger partial charge < -0.3 is 15.2 Å². The van der Waals surface area contributed by atoms with E-state index in [1.165, 1.54) is 12.1 Å². The molecule has 1 aromatic carbocycles. The first-order valence-electron chi connectivity index (χ1n) is 20.1. The van der Waals surface area contributed by atoms with Crippen molar-refractivity contribution in [2.75, 3.05) is 0 Å². The number of aromatic nitrogens is 2. The zero-order valence-corrected chi connectivity index (χ0v) is 34.7. The summed E-state index contributed by atoms with van der Waals surface area (Å²) >= 11 is 0.